The molecule has 2 N–H and O–H groups in total. The number of aliphatic carboxylic acids is 1. The van der Waals surface area contributed by atoms with Gasteiger partial charge in [-0.1, -0.05) is 58.3 Å². The third kappa shape index (κ3) is 38.2. The van der Waals surface area contributed by atoms with Gasteiger partial charge in [-0.15, -0.1) is 0 Å². The van der Waals surface area contributed by atoms with Crippen molar-refractivity contribution in [3.8, 4) is 0 Å². The van der Waals surface area contributed by atoms with Crippen LogP contribution in [0.2, 0.25) is 0 Å². The van der Waals surface area contributed by atoms with E-state index in [2.05, 4.69) is 24.0 Å². The van der Waals surface area contributed by atoms with E-state index in [0.717, 1.165) is 32.1 Å². The summed E-state index contributed by atoms with van der Waals surface area (Å²) in [6.45, 7) is 9.74. The summed E-state index contributed by atoms with van der Waals surface area (Å²) < 4.78 is 26.9. The van der Waals surface area contributed by atoms with Crippen molar-refractivity contribution in [1.29, 1.82) is 0 Å². The maximum atomic E-state index is 12.9. The highest BCUT2D eigenvalue weighted by molar-refractivity contribution is 7.99. The topological polar surface area (TPSA) is 164 Å². The average molecular weight is 790 g/mol. The molecule has 316 valence electrons. The summed E-state index contributed by atoms with van der Waals surface area (Å²) in [5.74, 6) is 0.619. The summed E-state index contributed by atoms with van der Waals surface area (Å²) in [5, 5.41) is 11.3. The third-order valence-corrected chi connectivity index (χ3v) is 9.45. The van der Waals surface area contributed by atoms with Crippen LogP contribution in [-0.2, 0) is 47.7 Å². The van der Waals surface area contributed by atoms with E-state index in [1.807, 2.05) is 0 Å². The molecule has 0 bridgehead atoms. The van der Waals surface area contributed by atoms with Crippen molar-refractivity contribution in [2.24, 2.45) is 0 Å². The molecule has 1 atom stereocenters. The summed E-state index contributed by atoms with van der Waals surface area (Å²) in [6, 6.07) is -0.840. The Morgan fingerprint density at radius 2 is 1.07 bits per heavy atom. The average Bonchev–Trinajstić information content (AvgIpc) is 3.10. The van der Waals surface area contributed by atoms with Crippen LogP contribution < -0.4 is 5.32 Å². The van der Waals surface area contributed by atoms with Gasteiger partial charge in [-0.25, -0.2) is 9.59 Å². The van der Waals surface area contributed by atoms with Crippen LogP contribution >= 0.6 is 11.8 Å². The highest BCUT2D eigenvalue weighted by Crippen LogP contribution is 2.15. The molecule has 0 radical (unpaired) electrons. The van der Waals surface area contributed by atoms with E-state index < -0.39 is 30.2 Å². The minimum Gasteiger partial charge on any atom is -0.480 e. The van der Waals surface area contributed by atoms with Gasteiger partial charge in [0.25, 0.3) is 0 Å². The fourth-order valence-electron chi connectivity index (χ4n) is 5.34. The van der Waals surface area contributed by atoms with Crippen molar-refractivity contribution in [3.63, 3.8) is 0 Å². The Morgan fingerprint density at radius 3 is 1.63 bits per heavy atom. The van der Waals surface area contributed by atoms with Crippen molar-refractivity contribution in [2.75, 3.05) is 64.4 Å². The fraction of sp³-hybridized carbons (Fsp3) is 0.878. The summed E-state index contributed by atoms with van der Waals surface area (Å²) >= 11 is 2.06. The van der Waals surface area contributed by atoms with Gasteiger partial charge in [-0.2, -0.15) is 11.8 Å². The number of rotatable bonds is 40. The molecule has 0 saturated heterocycles. The molecule has 0 aromatic carbocycles. The van der Waals surface area contributed by atoms with Crippen molar-refractivity contribution >= 4 is 41.2 Å². The summed E-state index contributed by atoms with van der Waals surface area (Å²) in [5.41, 5.74) is -0.690. The molecule has 54 heavy (non-hydrogen) atoms. The number of esters is 1. The second-order valence-electron chi connectivity index (χ2n) is 14.8. The number of carbonyl (C=O) groups is 5. The van der Waals surface area contributed by atoms with E-state index in [-0.39, 0.29) is 36.9 Å². The number of carboxylic acids is 1. The van der Waals surface area contributed by atoms with Gasteiger partial charge >= 0.3 is 11.9 Å². The fourth-order valence-corrected chi connectivity index (χ4v) is 6.36. The van der Waals surface area contributed by atoms with Crippen molar-refractivity contribution in [3.05, 3.63) is 0 Å². The van der Waals surface area contributed by atoms with Crippen LogP contribution in [0.4, 0.5) is 0 Å². The zero-order valence-corrected chi connectivity index (χ0v) is 35.0. The van der Waals surface area contributed by atoms with Gasteiger partial charge in [-0.05, 0) is 83.6 Å². The molecular formula is C41H75NO11S. The molecule has 0 aliphatic carbocycles. The molecule has 0 aromatic rings. The molecule has 0 spiro atoms. The minimum absolute atomic E-state index is 0.0441. The molecule has 0 fully saturated rings. The molecule has 1 amide bonds. The first kappa shape index (κ1) is 51.9. The molecule has 12 nitrogen and oxygen atoms in total. The highest BCUT2D eigenvalue weighted by Gasteiger charge is 2.27. The molecule has 0 aromatic heterocycles. The van der Waals surface area contributed by atoms with E-state index in [9.17, 15) is 24.0 Å². The number of ketones is 2. The Labute approximate surface area is 330 Å². The molecular weight excluding hydrogens is 715 g/mol. The summed E-state index contributed by atoms with van der Waals surface area (Å²) in [7, 11) is 0. The quantitative estimate of drug-likeness (QED) is 0.0461. The number of hydrogen-bond donors (Lipinski definition) is 2. The van der Waals surface area contributed by atoms with E-state index >= 15 is 0 Å². The van der Waals surface area contributed by atoms with E-state index in [1.165, 1.54) is 62.9 Å². The highest BCUT2D eigenvalue weighted by atomic mass is 32.2. The first-order valence-electron chi connectivity index (χ1n) is 20.6. The number of hydrogen-bond acceptors (Lipinski definition) is 11. The Hall–Kier alpha value is -2.06. The molecule has 0 heterocycles. The molecule has 0 saturated carbocycles. The number of unbranched alkanes of at least 4 members (excludes halogenated alkanes) is 11. The van der Waals surface area contributed by atoms with E-state index in [0.29, 0.717) is 71.7 Å². The number of ether oxygens (including phenoxy) is 5. The van der Waals surface area contributed by atoms with Gasteiger partial charge in [0.2, 0.25) is 5.91 Å². The number of nitrogens with one attached hydrogen (secondary N) is 1. The smallest absolute Gasteiger partial charge is 0.329 e. The van der Waals surface area contributed by atoms with Crippen LogP contribution in [0.5, 0.6) is 0 Å². The van der Waals surface area contributed by atoms with Crippen molar-refractivity contribution in [2.45, 2.75) is 168 Å². The zero-order chi connectivity index (χ0) is 40.1. The Bertz CT molecular complexity index is 973. The Balaban J connectivity index is 3.95. The Kier molecular flexibility index (Phi) is 35.2. The number of amides is 1. The first-order valence-corrected chi connectivity index (χ1v) is 21.8. The van der Waals surface area contributed by atoms with Crippen LogP contribution in [0, 0.1) is 0 Å². The maximum absolute atomic E-state index is 12.9. The molecule has 0 rings (SSSR count). The monoisotopic (exact) mass is 790 g/mol. The van der Waals surface area contributed by atoms with Crippen LogP contribution in [-0.4, -0.2) is 111 Å². The predicted molar refractivity (Wildman–Crippen MR) is 214 cm³/mol. The van der Waals surface area contributed by atoms with Gasteiger partial charge in [0.1, 0.15) is 30.6 Å². The van der Waals surface area contributed by atoms with E-state index in [4.69, 9.17) is 28.8 Å². The minimum atomic E-state index is -1.10. The van der Waals surface area contributed by atoms with Gasteiger partial charge in [0.15, 0.2) is 5.78 Å². The van der Waals surface area contributed by atoms with Crippen LogP contribution in [0.15, 0.2) is 0 Å². The lowest BCUT2D eigenvalue weighted by molar-refractivity contribution is -0.159. The second-order valence-corrected chi connectivity index (χ2v) is 16.0. The Morgan fingerprint density at radius 1 is 0.574 bits per heavy atom. The first-order chi connectivity index (χ1) is 25.9. The van der Waals surface area contributed by atoms with Crippen LogP contribution in [0.25, 0.3) is 0 Å². The number of Topliss-reactive ketones (excluding diaryl/α,β-unsaturated/α-hetero) is 2. The van der Waals surface area contributed by atoms with Crippen LogP contribution in [0.1, 0.15) is 156 Å². The van der Waals surface area contributed by atoms with Crippen molar-refractivity contribution < 1.29 is 52.8 Å². The van der Waals surface area contributed by atoms with Crippen LogP contribution in [0.3, 0.4) is 0 Å². The van der Waals surface area contributed by atoms with Crippen molar-refractivity contribution in [1.82, 2.24) is 5.32 Å². The maximum Gasteiger partial charge on any atom is 0.329 e. The number of thioether (sulfide) groups is 1. The number of carbonyl (C=O) groups excluding carboxylic acids is 4. The van der Waals surface area contributed by atoms with Gasteiger partial charge < -0.3 is 34.1 Å². The van der Waals surface area contributed by atoms with Gasteiger partial charge in [0.05, 0.1) is 26.4 Å². The normalized spacial score (nSPS) is 12.1. The third-order valence-electron chi connectivity index (χ3n) is 8.29. The van der Waals surface area contributed by atoms with Gasteiger partial charge in [-0.3, -0.25) is 14.4 Å². The standard InChI is InChI=1S/C41H75NO11S/c1-5-6-7-8-11-18-31-54-32-19-12-9-10-13-22-38(45)42-37(40(48)53-41(2,3)4)24-23-35(43)20-14-16-25-49-27-29-51-30-28-50-26-17-15-21-36(44)33-52-34-39(46)47/h37H,5-34H2,1-4H3,(H,42,45)(H,46,47). The lowest BCUT2D eigenvalue weighted by Crippen LogP contribution is -2.44. The largest absolute Gasteiger partial charge is 0.480 e. The lowest BCUT2D eigenvalue weighted by Gasteiger charge is -2.24. The predicted octanol–water partition coefficient (Wildman–Crippen LogP) is 7.66. The zero-order valence-electron chi connectivity index (χ0n) is 34.2. The van der Waals surface area contributed by atoms with Gasteiger partial charge in [0, 0.05) is 38.9 Å². The number of carboxylic acid groups (broad SMARTS) is 1. The summed E-state index contributed by atoms with van der Waals surface area (Å²) in [6.07, 6.45) is 17.6. The summed E-state index contributed by atoms with van der Waals surface area (Å²) in [4.78, 5) is 60.1. The van der Waals surface area contributed by atoms with E-state index in [1.54, 1.807) is 20.8 Å². The molecule has 13 heteroatoms. The molecule has 0 aliphatic heterocycles. The SMILES string of the molecule is CCCCCCCCSCCCCCCCC(=O)NC(CCC(=O)CCCCOCCOCCOCCCCC(=O)COCC(=O)O)C(=O)OC(C)(C)C. The second kappa shape index (κ2) is 36.6. The lowest BCUT2D eigenvalue weighted by atomic mass is 10.0. The molecule has 1 unspecified atom stereocenters. The molecule has 0 aliphatic rings.